The van der Waals surface area contributed by atoms with Crippen LogP contribution in [0.4, 0.5) is 0 Å². The fourth-order valence-corrected chi connectivity index (χ4v) is 3.29. The molecule has 1 saturated heterocycles. The molecule has 0 bridgehead atoms. The highest BCUT2D eigenvalue weighted by molar-refractivity contribution is 5.80. The lowest BCUT2D eigenvalue weighted by Gasteiger charge is -2.39. The van der Waals surface area contributed by atoms with Gasteiger partial charge in [0.15, 0.2) is 0 Å². The number of aliphatic imine (C=N–C) groups is 1. The molecular weight excluding hydrogens is 200 g/mol. The van der Waals surface area contributed by atoms with Crippen molar-refractivity contribution in [2.45, 2.75) is 57.0 Å². The maximum atomic E-state index is 5.64. The molecule has 3 rings (SSSR count). The van der Waals surface area contributed by atoms with E-state index in [0.717, 1.165) is 18.4 Å². The molecule has 90 valence electrons. The van der Waals surface area contributed by atoms with Crippen molar-refractivity contribution in [1.29, 1.82) is 0 Å². The second-order valence-electron chi connectivity index (χ2n) is 5.42. The summed E-state index contributed by atoms with van der Waals surface area (Å²) in [5.41, 5.74) is 2.83. The summed E-state index contributed by atoms with van der Waals surface area (Å²) in [6, 6.07) is 1.26. The van der Waals surface area contributed by atoms with Crippen molar-refractivity contribution < 1.29 is 0 Å². The van der Waals surface area contributed by atoms with Crippen LogP contribution in [0.2, 0.25) is 0 Å². The minimum absolute atomic E-state index is 0.549. The lowest BCUT2D eigenvalue weighted by Crippen LogP contribution is -2.53. The smallest absolute Gasteiger partial charge is 0.208 e. The molecule has 0 amide bonds. The molecule has 0 radical (unpaired) electrons. The summed E-state index contributed by atoms with van der Waals surface area (Å²) in [7, 11) is 0. The van der Waals surface area contributed by atoms with Crippen LogP contribution in [0.1, 0.15) is 44.9 Å². The number of nitrogens with two attached hydrogens (primary N) is 1. The molecule has 1 aliphatic heterocycles. The summed E-state index contributed by atoms with van der Waals surface area (Å²) in [5.74, 6) is 7.49. The first-order valence-electron chi connectivity index (χ1n) is 6.69. The summed E-state index contributed by atoms with van der Waals surface area (Å²) in [5, 5.41) is 0. The number of fused-ring (bicyclic) bond motifs is 1. The van der Waals surface area contributed by atoms with E-state index in [2.05, 4.69) is 10.3 Å². The fraction of sp³-hybridized carbons (Fsp3) is 0.917. The van der Waals surface area contributed by atoms with Gasteiger partial charge in [-0.2, -0.15) is 0 Å². The highest BCUT2D eigenvalue weighted by atomic mass is 15.4. The number of hydrogen-bond donors (Lipinski definition) is 2. The molecule has 16 heavy (non-hydrogen) atoms. The van der Waals surface area contributed by atoms with Crippen molar-refractivity contribution in [3.8, 4) is 0 Å². The quantitative estimate of drug-likeness (QED) is 0.304. The highest BCUT2D eigenvalue weighted by Crippen LogP contribution is 2.37. The van der Waals surface area contributed by atoms with Gasteiger partial charge in [0, 0.05) is 12.6 Å². The van der Waals surface area contributed by atoms with Gasteiger partial charge < -0.3 is 4.90 Å². The van der Waals surface area contributed by atoms with E-state index in [4.69, 9.17) is 10.8 Å². The van der Waals surface area contributed by atoms with Crippen LogP contribution in [0.15, 0.2) is 4.99 Å². The molecule has 2 aliphatic carbocycles. The Kier molecular flexibility index (Phi) is 2.75. The lowest BCUT2D eigenvalue weighted by atomic mass is 9.92. The van der Waals surface area contributed by atoms with Crippen molar-refractivity contribution in [1.82, 2.24) is 10.3 Å². The van der Waals surface area contributed by atoms with Crippen LogP contribution < -0.4 is 11.3 Å². The minimum Gasteiger partial charge on any atom is -0.339 e. The number of guanidine groups is 1. The number of likely N-dealkylation sites (tertiary alicyclic amines) is 1. The van der Waals surface area contributed by atoms with Crippen molar-refractivity contribution in [3.63, 3.8) is 0 Å². The van der Waals surface area contributed by atoms with E-state index in [-0.39, 0.29) is 0 Å². The monoisotopic (exact) mass is 222 g/mol. The van der Waals surface area contributed by atoms with Gasteiger partial charge in [0.1, 0.15) is 0 Å². The van der Waals surface area contributed by atoms with E-state index in [9.17, 15) is 0 Å². The second kappa shape index (κ2) is 4.24. The number of hydrogen-bond acceptors (Lipinski definition) is 2. The molecule has 2 atom stereocenters. The van der Waals surface area contributed by atoms with Gasteiger partial charge in [-0.1, -0.05) is 6.42 Å². The summed E-state index contributed by atoms with van der Waals surface area (Å²) >= 11 is 0. The Hall–Kier alpha value is -0.770. The second-order valence-corrected chi connectivity index (χ2v) is 5.42. The summed E-state index contributed by atoms with van der Waals surface area (Å²) in [6.45, 7) is 1.14. The molecule has 3 fully saturated rings. The van der Waals surface area contributed by atoms with E-state index >= 15 is 0 Å². The van der Waals surface area contributed by atoms with E-state index < -0.39 is 0 Å². The fourth-order valence-electron chi connectivity index (χ4n) is 3.29. The Labute approximate surface area is 97.3 Å². The van der Waals surface area contributed by atoms with Crippen molar-refractivity contribution in [2.24, 2.45) is 16.8 Å². The maximum Gasteiger partial charge on any atom is 0.208 e. The highest BCUT2D eigenvalue weighted by Gasteiger charge is 2.37. The molecule has 3 N–H and O–H groups in total. The van der Waals surface area contributed by atoms with Crippen molar-refractivity contribution >= 4 is 5.96 Å². The van der Waals surface area contributed by atoms with Gasteiger partial charge in [-0.25, -0.2) is 10.8 Å². The van der Waals surface area contributed by atoms with Gasteiger partial charge in [-0.15, -0.1) is 0 Å². The Bertz CT molecular complexity index is 285. The minimum atomic E-state index is 0.549. The average Bonchev–Trinajstić information content (AvgIpc) is 3.00. The number of hydrazine groups is 1. The predicted molar refractivity (Wildman–Crippen MR) is 64.8 cm³/mol. The number of nitrogens with zero attached hydrogens (tertiary/aromatic N) is 2. The van der Waals surface area contributed by atoms with E-state index in [1.54, 1.807) is 0 Å². The Morgan fingerprint density at radius 2 is 1.94 bits per heavy atom. The molecule has 4 heteroatoms. The van der Waals surface area contributed by atoms with Gasteiger partial charge in [0.2, 0.25) is 5.96 Å². The molecule has 0 aromatic rings. The molecule has 0 aromatic carbocycles. The van der Waals surface area contributed by atoms with E-state index in [1.807, 2.05) is 0 Å². The van der Waals surface area contributed by atoms with Gasteiger partial charge in [-0.3, -0.25) is 5.43 Å². The molecule has 4 nitrogen and oxygen atoms in total. The van der Waals surface area contributed by atoms with Gasteiger partial charge in [0.05, 0.1) is 6.04 Å². The van der Waals surface area contributed by atoms with Gasteiger partial charge >= 0.3 is 0 Å². The SMILES string of the molecule is NNC(=NC1CC1)N1CCCC2CCCC21. The Morgan fingerprint density at radius 1 is 1.12 bits per heavy atom. The standard InChI is InChI=1S/C12H22N4/c13-15-12(14-10-6-7-10)16-8-2-4-9-3-1-5-11(9)16/h9-11H,1-8,13H2,(H,14,15). The van der Waals surface area contributed by atoms with Crippen LogP contribution in [0.3, 0.4) is 0 Å². The Morgan fingerprint density at radius 3 is 2.69 bits per heavy atom. The predicted octanol–water partition coefficient (Wildman–Crippen LogP) is 1.23. The third-order valence-corrected chi connectivity index (χ3v) is 4.25. The lowest BCUT2D eigenvalue weighted by molar-refractivity contribution is 0.185. The van der Waals surface area contributed by atoms with Crippen LogP contribution in [0.25, 0.3) is 0 Å². The maximum absolute atomic E-state index is 5.64. The molecule has 0 spiro atoms. The van der Waals surface area contributed by atoms with Crippen LogP contribution in [-0.4, -0.2) is 29.5 Å². The number of nitrogens with one attached hydrogen (secondary N) is 1. The molecule has 0 aromatic heterocycles. The molecule has 1 heterocycles. The number of rotatable bonds is 1. The zero-order chi connectivity index (χ0) is 11.0. The molecular formula is C12H22N4. The number of piperidine rings is 1. The van der Waals surface area contributed by atoms with Crippen LogP contribution in [0, 0.1) is 5.92 Å². The zero-order valence-electron chi connectivity index (χ0n) is 9.86. The van der Waals surface area contributed by atoms with Crippen LogP contribution >= 0.6 is 0 Å². The molecule has 2 unspecified atom stereocenters. The topological polar surface area (TPSA) is 53.6 Å². The largest absolute Gasteiger partial charge is 0.339 e. The first-order valence-corrected chi connectivity index (χ1v) is 6.69. The summed E-state index contributed by atoms with van der Waals surface area (Å²) in [6.07, 6.45) is 9.31. The van der Waals surface area contributed by atoms with E-state index in [1.165, 1.54) is 44.9 Å². The van der Waals surface area contributed by atoms with Gasteiger partial charge in [0.25, 0.3) is 0 Å². The van der Waals surface area contributed by atoms with Gasteiger partial charge in [-0.05, 0) is 44.4 Å². The molecule has 2 saturated carbocycles. The normalized spacial score (nSPS) is 35.1. The first kappa shape index (κ1) is 10.4. The van der Waals surface area contributed by atoms with Crippen molar-refractivity contribution in [3.05, 3.63) is 0 Å². The third kappa shape index (κ3) is 1.90. The summed E-state index contributed by atoms with van der Waals surface area (Å²) in [4.78, 5) is 7.14. The first-order chi connectivity index (χ1) is 7.88. The third-order valence-electron chi connectivity index (χ3n) is 4.25. The average molecular weight is 222 g/mol. The van der Waals surface area contributed by atoms with E-state index in [0.29, 0.717) is 12.1 Å². The van der Waals surface area contributed by atoms with Crippen LogP contribution in [0.5, 0.6) is 0 Å². The zero-order valence-corrected chi connectivity index (χ0v) is 9.86. The van der Waals surface area contributed by atoms with Crippen molar-refractivity contribution in [2.75, 3.05) is 6.54 Å². The molecule has 3 aliphatic rings. The Balaban J connectivity index is 1.75. The van der Waals surface area contributed by atoms with Crippen LogP contribution in [-0.2, 0) is 0 Å². The summed E-state index contributed by atoms with van der Waals surface area (Å²) < 4.78 is 0.